The molecule has 1 heterocycles. The number of benzene rings is 1. The van der Waals surface area contributed by atoms with Gasteiger partial charge in [-0.3, -0.25) is 0 Å². The minimum absolute atomic E-state index is 0.0729. The second-order valence-corrected chi connectivity index (χ2v) is 4.42. The Bertz CT molecular complexity index is 321. The van der Waals surface area contributed by atoms with E-state index in [2.05, 4.69) is 5.32 Å². The second-order valence-electron chi connectivity index (χ2n) is 3.54. The average Bonchev–Trinajstić information content (AvgIpc) is 2.70. The summed E-state index contributed by atoms with van der Waals surface area (Å²) in [5.74, 6) is -0.0729. The van der Waals surface area contributed by atoms with E-state index in [1.807, 2.05) is 18.4 Å². The standard InChI is InChI=1S/C11H14FNS/c1-14-8-4-5-9(10(12)7-8)11-3-2-6-13-11/h4-5,7,11,13H,2-3,6H2,1H3. The van der Waals surface area contributed by atoms with Gasteiger partial charge in [-0.2, -0.15) is 0 Å². The second kappa shape index (κ2) is 4.32. The van der Waals surface area contributed by atoms with Gasteiger partial charge in [-0.05, 0) is 37.8 Å². The molecular formula is C11H14FNS. The Morgan fingerprint density at radius 3 is 2.93 bits per heavy atom. The number of thioether (sulfide) groups is 1. The predicted octanol–water partition coefficient (Wildman–Crippen LogP) is 2.97. The summed E-state index contributed by atoms with van der Waals surface area (Å²) < 4.78 is 13.6. The van der Waals surface area contributed by atoms with Crippen molar-refractivity contribution in [3.05, 3.63) is 29.6 Å². The average molecular weight is 211 g/mol. The van der Waals surface area contributed by atoms with E-state index < -0.39 is 0 Å². The molecule has 1 aliphatic rings. The lowest BCUT2D eigenvalue weighted by Gasteiger charge is -2.12. The third-order valence-electron chi connectivity index (χ3n) is 2.64. The third-order valence-corrected chi connectivity index (χ3v) is 3.37. The highest BCUT2D eigenvalue weighted by atomic mass is 32.2. The van der Waals surface area contributed by atoms with Crippen LogP contribution in [0.15, 0.2) is 23.1 Å². The van der Waals surface area contributed by atoms with E-state index in [-0.39, 0.29) is 11.9 Å². The van der Waals surface area contributed by atoms with Gasteiger partial charge >= 0.3 is 0 Å². The Labute approximate surface area is 88.1 Å². The minimum atomic E-state index is -0.0729. The fourth-order valence-electron chi connectivity index (χ4n) is 1.87. The van der Waals surface area contributed by atoms with Crippen LogP contribution in [0, 0.1) is 5.82 Å². The van der Waals surface area contributed by atoms with Crippen LogP contribution in [0.25, 0.3) is 0 Å². The maximum Gasteiger partial charge on any atom is 0.129 e. The van der Waals surface area contributed by atoms with Crippen molar-refractivity contribution in [2.24, 2.45) is 0 Å². The number of hydrogen-bond acceptors (Lipinski definition) is 2. The van der Waals surface area contributed by atoms with Crippen molar-refractivity contribution < 1.29 is 4.39 Å². The van der Waals surface area contributed by atoms with Crippen LogP contribution >= 0.6 is 11.8 Å². The molecule has 14 heavy (non-hydrogen) atoms. The van der Waals surface area contributed by atoms with Crippen LogP contribution in [0.4, 0.5) is 4.39 Å². The van der Waals surface area contributed by atoms with Gasteiger partial charge in [0.1, 0.15) is 5.82 Å². The quantitative estimate of drug-likeness (QED) is 0.755. The van der Waals surface area contributed by atoms with Gasteiger partial charge in [0.05, 0.1) is 0 Å². The third kappa shape index (κ3) is 1.93. The summed E-state index contributed by atoms with van der Waals surface area (Å²) >= 11 is 1.57. The molecule has 76 valence electrons. The van der Waals surface area contributed by atoms with Crippen LogP contribution < -0.4 is 5.32 Å². The smallest absolute Gasteiger partial charge is 0.129 e. The van der Waals surface area contributed by atoms with E-state index in [4.69, 9.17) is 0 Å². The fourth-order valence-corrected chi connectivity index (χ4v) is 2.29. The van der Waals surface area contributed by atoms with Crippen molar-refractivity contribution in [1.29, 1.82) is 0 Å². The first-order valence-electron chi connectivity index (χ1n) is 4.88. The first-order valence-corrected chi connectivity index (χ1v) is 6.10. The molecule has 1 aliphatic heterocycles. The monoisotopic (exact) mass is 211 g/mol. The largest absolute Gasteiger partial charge is 0.310 e. The lowest BCUT2D eigenvalue weighted by molar-refractivity contribution is 0.556. The Balaban J connectivity index is 2.25. The van der Waals surface area contributed by atoms with Crippen LogP contribution in [0.3, 0.4) is 0 Å². The van der Waals surface area contributed by atoms with E-state index in [9.17, 15) is 4.39 Å². The highest BCUT2D eigenvalue weighted by Gasteiger charge is 2.19. The molecule has 1 atom stereocenters. The molecule has 0 amide bonds. The van der Waals surface area contributed by atoms with E-state index in [1.165, 1.54) is 0 Å². The molecule has 0 aromatic heterocycles. The predicted molar refractivity (Wildman–Crippen MR) is 58.2 cm³/mol. The van der Waals surface area contributed by atoms with Crippen LogP contribution in [0.1, 0.15) is 24.4 Å². The molecule has 1 nitrogen and oxygen atoms in total. The molecule has 1 saturated heterocycles. The van der Waals surface area contributed by atoms with Gasteiger partial charge in [-0.25, -0.2) is 4.39 Å². The Kier molecular flexibility index (Phi) is 3.08. The first-order chi connectivity index (χ1) is 6.81. The Morgan fingerprint density at radius 2 is 2.36 bits per heavy atom. The molecule has 0 radical (unpaired) electrons. The molecule has 0 bridgehead atoms. The van der Waals surface area contributed by atoms with Crippen LogP contribution in [-0.2, 0) is 0 Å². The topological polar surface area (TPSA) is 12.0 Å². The molecule has 1 N–H and O–H groups in total. The minimum Gasteiger partial charge on any atom is -0.310 e. The summed E-state index contributed by atoms with van der Waals surface area (Å²) in [5, 5.41) is 3.30. The van der Waals surface area contributed by atoms with Crippen LogP contribution in [0.2, 0.25) is 0 Å². The molecule has 0 aliphatic carbocycles. The fraction of sp³-hybridized carbons (Fsp3) is 0.455. The SMILES string of the molecule is CSc1ccc(C2CCCN2)c(F)c1. The van der Waals surface area contributed by atoms with E-state index >= 15 is 0 Å². The summed E-state index contributed by atoms with van der Waals surface area (Å²) in [6.07, 6.45) is 4.16. The summed E-state index contributed by atoms with van der Waals surface area (Å²) in [7, 11) is 0. The van der Waals surface area contributed by atoms with Crippen molar-refractivity contribution in [3.8, 4) is 0 Å². The zero-order valence-electron chi connectivity index (χ0n) is 8.22. The van der Waals surface area contributed by atoms with Gasteiger partial charge in [0.15, 0.2) is 0 Å². The first kappa shape index (κ1) is 9.99. The molecule has 1 fully saturated rings. The highest BCUT2D eigenvalue weighted by molar-refractivity contribution is 7.98. The van der Waals surface area contributed by atoms with E-state index in [0.717, 1.165) is 29.8 Å². The van der Waals surface area contributed by atoms with Gasteiger partial charge < -0.3 is 5.32 Å². The maximum atomic E-state index is 13.6. The zero-order chi connectivity index (χ0) is 9.97. The Hall–Kier alpha value is -0.540. The lowest BCUT2D eigenvalue weighted by atomic mass is 10.1. The van der Waals surface area contributed by atoms with E-state index in [0.29, 0.717) is 0 Å². The van der Waals surface area contributed by atoms with Gasteiger partial charge in [0.25, 0.3) is 0 Å². The molecule has 0 saturated carbocycles. The molecule has 3 heteroatoms. The van der Waals surface area contributed by atoms with Crippen LogP contribution in [0.5, 0.6) is 0 Å². The number of nitrogens with one attached hydrogen (secondary N) is 1. The van der Waals surface area contributed by atoms with Crippen molar-refractivity contribution in [3.63, 3.8) is 0 Å². The maximum absolute atomic E-state index is 13.6. The lowest BCUT2D eigenvalue weighted by Crippen LogP contribution is -2.14. The number of rotatable bonds is 2. The summed E-state index contributed by atoms with van der Waals surface area (Å²) in [6.45, 7) is 1.01. The van der Waals surface area contributed by atoms with Crippen molar-refractivity contribution in [2.75, 3.05) is 12.8 Å². The zero-order valence-corrected chi connectivity index (χ0v) is 9.03. The van der Waals surface area contributed by atoms with Crippen molar-refractivity contribution >= 4 is 11.8 Å². The summed E-state index contributed by atoms with van der Waals surface area (Å²) in [5.41, 5.74) is 0.820. The van der Waals surface area contributed by atoms with Gasteiger partial charge in [0.2, 0.25) is 0 Å². The number of halogens is 1. The Morgan fingerprint density at radius 1 is 1.50 bits per heavy atom. The van der Waals surface area contributed by atoms with Crippen molar-refractivity contribution in [2.45, 2.75) is 23.8 Å². The van der Waals surface area contributed by atoms with Gasteiger partial charge in [-0.15, -0.1) is 11.8 Å². The molecule has 2 rings (SSSR count). The highest BCUT2D eigenvalue weighted by Crippen LogP contribution is 2.27. The molecule has 0 spiro atoms. The normalized spacial score (nSPS) is 21.4. The van der Waals surface area contributed by atoms with Gasteiger partial charge in [-0.1, -0.05) is 6.07 Å². The van der Waals surface area contributed by atoms with E-state index in [1.54, 1.807) is 17.8 Å². The summed E-state index contributed by atoms with van der Waals surface area (Å²) in [4.78, 5) is 0.990. The molecule has 1 unspecified atom stereocenters. The molecule has 1 aromatic carbocycles. The van der Waals surface area contributed by atoms with Gasteiger partial charge in [0, 0.05) is 16.5 Å². The van der Waals surface area contributed by atoms with Crippen molar-refractivity contribution in [1.82, 2.24) is 5.32 Å². The van der Waals surface area contributed by atoms with Crippen LogP contribution in [-0.4, -0.2) is 12.8 Å². The molecule has 1 aromatic rings. The number of hydrogen-bond donors (Lipinski definition) is 1. The molecular weight excluding hydrogens is 197 g/mol. The summed E-state index contributed by atoms with van der Waals surface area (Å²) in [6, 6.07) is 5.75.